The molecule has 1 atom stereocenters. The lowest BCUT2D eigenvalue weighted by atomic mass is 9.92. The van der Waals surface area contributed by atoms with Crippen molar-refractivity contribution in [3.63, 3.8) is 0 Å². The van der Waals surface area contributed by atoms with Gasteiger partial charge in [0.15, 0.2) is 0 Å². The molecule has 106 valence electrons. The van der Waals surface area contributed by atoms with Gasteiger partial charge in [-0.1, -0.05) is 56.3 Å². The van der Waals surface area contributed by atoms with Gasteiger partial charge in [0.25, 0.3) is 0 Å². The molecule has 0 aliphatic heterocycles. The summed E-state index contributed by atoms with van der Waals surface area (Å²) in [6, 6.07) is 15.9. The molecule has 1 unspecified atom stereocenters. The van der Waals surface area contributed by atoms with Gasteiger partial charge in [-0.2, -0.15) is 0 Å². The second-order valence-corrected chi connectivity index (χ2v) is 5.37. The fraction of sp³-hybridized carbons (Fsp3) is 0.368. The summed E-state index contributed by atoms with van der Waals surface area (Å²) in [6.07, 6.45) is 1.09. The summed E-state index contributed by atoms with van der Waals surface area (Å²) >= 11 is 0. The first-order chi connectivity index (χ1) is 9.67. The highest BCUT2D eigenvalue weighted by Crippen LogP contribution is 2.26. The number of rotatable bonds is 5. The fourth-order valence-electron chi connectivity index (χ4n) is 2.64. The molecule has 0 heterocycles. The van der Waals surface area contributed by atoms with Gasteiger partial charge in [0, 0.05) is 0 Å². The largest absolute Gasteiger partial charge is 0.307 e. The molecule has 1 heteroatoms. The van der Waals surface area contributed by atoms with Crippen molar-refractivity contribution in [1.29, 1.82) is 0 Å². The minimum absolute atomic E-state index is 0.283. The van der Waals surface area contributed by atoms with Crippen molar-refractivity contribution < 1.29 is 0 Å². The summed E-state index contributed by atoms with van der Waals surface area (Å²) in [5, 5.41) is 3.62. The summed E-state index contributed by atoms with van der Waals surface area (Å²) in [5.41, 5.74) is 6.87. The van der Waals surface area contributed by atoms with E-state index in [-0.39, 0.29) is 6.04 Å². The molecule has 2 rings (SSSR count). The first-order valence-electron chi connectivity index (χ1n) is 7.55. The normalized spacial score (nSPS) is 12.4. The fourth-order valence-corrected chi connectivity index (χ4v) is 2.64. The van der Waals surface area contributed by atoms with E-state index in [1.54, 1.807) is 0 Å². The van der Waals surface area contributed by atoms with Crippen molar-refractivity contribution in [2.75, 3.05) is 6.54 Å². The maximum atomic E-state index is 3.62. The number of aryl methyl sites for hydroxylation is 2. The lowest BCUT2D eigenvalue weighted by Crippen LogP contribution is -2.23. The number of nitrogens with one attached hydrogen (secondary N) is 1. The van der Waals surface area contributed by atoms with E-state index in [4.69, 9.17) is 0 Å². The number of hydrogen-bond donors (Lipinski definition) is 1. The van der Waals surface area contributed by atoms with Crippen LogP contribution in [0.15, 0.2) is 42.5 Å². The molecule has 1 nitrogen and oxygen atoms in total. The molecule has 2 aromatic carbocycles. The van der Waals surface area contributed by atoms with E-state index in [1.165, 1.54) is 27.8 Å². The van der Waals surface area contributed by atoms with Gasteiger partial charge in [-0.05, 0) is 54.6 Å². The van der Waals surface area contributed by atoms with Gasteiger partial charge in [0.05, 0.1) is 6.04 Å². The third kappa shape index (κ3) is 3.10. The Morgan fingerprint density at radius 2 is 1.65 bits per heavy atom. The van der Waals surface area contributed by atoms with Crippen molar-refractivity contribution in [3.05, 3.63) is 70.3 Å². The summed E-state index contributed by atoms with van der Waals surface area (Å²) in [4.78, 5) is 0. The van der Waals surface area contributed by atoms with Gasteiger partial charge < -0.3 is 5.32 Å². The summed E-state index contributed by atoms with van der Waals surface area (Å²) in [7, 11) is 0. The van der Waals surface area contributed by atoms with E-state index in [0.29, 0.717) is 0 Å². The summed E-state index contributed by atoms with van der Waals surface area (Å²) in [5.74, 6) is 0. The Morgan fingerprint density at radius 3 is 2.25 bits per heavy atom. The van der Waals surface area contributed by atoms with Crippen molar-refractivity contribution in [2.45, 2.75) is 40.2 Å². The van der Waals surface area contributed by atoms with Crippen LogP contribution in [0, 0.1) is 13.8 Å². The lowest BCUT2D eigenvalue weighted by molar-refractivity contribution is 0.627. The molecular weight excluding hydrogens is 242 g/mol. The van der Waals surface area contributed by atoms with Crippen LogP contribution in [0.2, 0.25) is 0 Å². The molecule has 0 aromatic heterocycles. The van der Waals surface area contributed by atoms with E-state index >= 15 is 0 Å². The molecule has 0 aliphatic rings. The zero-order chi connectivity index (χ0) is 14.5. The van der Waals surface area contributed by atoms with Gasteiger partial charge in [0.2, 0.25) is 0 Å². The maximum absolute atomic E-state index is 3.62. The highest BCUT2D eigenvalue weighted by molar-refractivity contribution is 5.41. The van der Waals surface area contributed by atoms with Gasteiger partial charge in [-0.15, -0.1) is 0 Å². The molecule has 1 N–H and O–H groups in total. The molecule has 0 radical (unpaired) electrons. The zero-order valence-electron chi connectivity index (χ0n) is 13.0. The SMILES string of the molecule is CCNC(c1ccc(CC)cc1)c1cccc(C)c1C. The molecule has 2 aromatic rings. The van der Waals surface area contributed by atoms with Crippen LogP contribution in [0.25, 0.3) is 0 Å². The van der Waals surface area contributed by atoms with Crippen molar-refractivity contribution in [1.82, 2.24) is 5.32 Å². The third-order valence-corrected chi connectivity index (χ3v) is 4.09. The molecule has 20 heavy (non-hydrogen) atoms. The Hall–Kier alpha value is -1.60. The molecule has 0 bridgehead atoms. The van der Waals surface area contributed by atoms with Gasteiger partial charge in [-0.3, -0.25) is 0 Å². The molecule has 0 aliphatic carbocycles. The number of hydrogen-bond acceptors (Lipinski definition) is 1. The van der Waals surface area contributed by atoms with Crippen LogP contribution in [0.5, 0.6) is 0 Å². The van der Waals surface area contributed by atoms with Crippen LogP contribution < -0.4 is 5.32 Å². The van der Waals surface area contributed by atoms with Gasteiger partial charge in [0.1, 0.15) is 0 Å². The Labute approximate surface area is 123 Å². The topological polar surface area (TPSA) is 12.0 Å². The van der Waals surface area contributed by atoms with Crippen LogP contribution >= 0.6 is 0 Å². The molecule has 0 spiro atoms. The Balaban J connectivity index is 2.41. The average Bonchev–Trinajstić information content (AvgIpc) is 2.48. The van der Waals surface area contributed by atoms with Gasteiger partial charge in [-0.25, -0.2) is 0 Å². The second kappa shape index (κ2) is 6.71. The Kier molecular flexibility index (Phi) is 4.97. The van der Waals surface area contributed by atoms with Crippen LogP contribution in [-0.2, 0) is 6.42 Å². The zero-order valence-corrected chi connectivity index (χ0v) is 13.0. The molecule has 0 amide bonds. The van der Waals surface area contributed by atoms with Crippen molar-refractivity contribution >= 4 is 0 Å². The first kappa shape index (κ1) is 14.8. The third-order valence-electron chi connectivity index (χ3n) is 4.09. The van der Waals surface area contributed by atoms with Crippen LogP contribution in [0.4, 0.5) is 0 Å². The van der Waals surface area contributed by atoms with E-state index in [9.17, 15) is 0 Å². The minimum atomic E-state index is 0.283. The summed E-state index contributed by atoms with van der Waals surface area (Å²) in [6.45, 7) is 9.73. The maximum Gasteiger partial charge on any atom is 0.0579 e. The lowest BCUT2D eigenvalue weighted by Gasteiger charge is -2.22. The summed E-state index contributed by atoms with van der Waals surface area (Å²) < 4.78 is 0. The quantitative estimate of drug-likeness (QED) is 0.837. The minimum Gasteiger partial charge on any atom is -0.307 e. The Morgan fingerprint density at radius 1 is 0.950 bits per heavy atom. The predicted octanol–water partition coefficient (Wildman–Crippen LogP) is 4.56. The molecule has 0 fully saturated rings. The second-order valence-electron chi connectivity index (χ2n) is 5.37. The monoisotopic (exact) mass is 267 g/mol. The smallest absolute Gasteiger partial charge is 0.0579 e. The highest BCUT2D eigenvalue weighted by Gasteiger charge is 2.15. The van der Waals surface area contributed by atoms with E-state index in [2.05, 4.69) is 75.5 Å². The van der Waals surface area contributed by atoms with Crippen molar-refractivity contribution in [2.24, 2.45) is 0 Å². The van der Waals surface area contributed by atoms with Crippen LogP contribution in [-0.4, -0.2) is 6.54 Å². The molecule has 0 saturated carbocycles. The molecule has 0 saturated heterocycles. The Bertz CT molecular complexity index is 554. The van der Waals surface area contributed by atoms with E-state index in [0.717, 1.165) is 13.0 Å². The van der Waals surface area contributed by atoms with Crippen LogP contribution in [0.3, 0.4) is 0 Å². The van der Waals surface area contributed by atoms with Crippen LogP contribution in [0.1, 0.15) is 47.7 Å². The van der Waals surface area contributed by atoms with E-state index in [1.807, 2.05) is 0 Å². The van der Waals surface area contributed by atoms with E-state index < -0.39 is 0 Å². The number of benzene rings is 2. The predicted molar refractivity (Wildman–Crippen MR) is 87.3 cm³/mol. The first-order valence-corrected chi connectivity index (χ1v) is 7.55. The molecular formula is C19H25N. The van der Waals surface area contributed by atoms with Gasteiger partial charge >= 0.3 is 0 Å². The van der Waals surface area contributed by atoms with Crippen molar-refractivity contribution in [3.8, 4) is 0 Å². The average molecular weight is 267 g/mol. The standard InChI is InChI=1S/C19H25N/c1-5-16-10-12-17(13-11-16)19(20-6-2)18-9-7-8-14(3)15(18)4/h7-13,19-20H,5-6H2,1-4H3. The highest BCUT2D eigenvalue weighted by atomic mass is 14.9.